The predicted molar refractivity (Wildman–Crippen MR) is 103 cm³/mol. The van der Waals surface area contributed by atoms with Gasteiger partial charge in [-0.15, -0.1) is 0 Å². The molecule has 0 radical (unpaired) electrons. The smallest absolute Gasteiger partial charge is 0.248 e. The van der Waals surface area contributed by atoms with Gasteiger partial charge in [0.05, 0.1) is 19.4 Å². The first-order valence-corrected chi connectivity index (χ1v) is 8.97. The molecule has 1 amide bonds. The molecule has 0 N–H and O–H groups in total. The van der Waals surface area contributed by atoms with Gasteiger partial charge in [-0.3, -0.25) is 4.79 Å². The second-order valence-electron chi connectivity index (χ2n) is 6.54. The number of hydrogen-bond acceptors (Lipinski definition) is 5. The third-order valence-corrected chi connectivity index (χ3v) is 4.46. The van der Waals surface area contributed by atoms with Gasteiger partial charge in [0.2, 0.25) is 5.91 Å². The molecule has 0 saturated carbocycles. The number of rotatable bonds is 8. The van der Waals surface area contributed by atoms with Crippen LogP contribution in [0.25, 0.3) is 0 Å². The third kappa shape index (κ3) is 5.07. The normalized spacial score (nSPS) is 15.7. The first-order valence-electron chi connectivity index (χ1n) is 8.97. The van der Waals surface area contributed by atoms with Gasteiger partial charge in [0, 0.05) is 20.1 Å². The van der Waals surface area contributed by atoms with Crippen LogP contribution in [-0.4, -0.2) is 50.0 Å². The Hall–Kier alpha value is -2.93. The van der Waals surface area contributed by atoms with Crippen molar-refractivity contribution in [2.45, 2.75) is 19.1 Å². The summed E-state index contributed by atoms with van der Waals surface area (Å²) in [5.41, 5.74) is 2.50. The molecule has 0 fully saturated rings. The minimum Gasteiger partial charge on any atom is -0.497 e. The average molecular weight is 386 g/mol. The molecule has 0 saturated heterocycles. The summed E-state index contributed by atoms with van der Waals surface area (Å²) in [7, 11) is 3.09. The number of carbonyl (C=O) groups excluding carboxylic acids is 1. The van der Waals surface area contributed by atoms with E-state index in [4.69, 9.17) is 14.3 Å². The lowest BCUT2D eigenvalue weighted by atomic mass is 10.0. The van der Waals surface area contributed by atoms with E-state index in [1.807, 2.05) is 24.3 Å². The minimum absolute atomic E-state index is 0.0115. The molecule has 1 aliphatic rings. The van der Waals surface area contributed by atoms with E-state index in [0.717, 1.165) is 22.6 Å². The van der Waals surface area contributed by atoms with Crippen molar-refractivity contribution >= 4 is 11.6 Å². The van der Waals surface area contributed by atoms with Gasteiger partial charge < -0.3 is 19.2 Å². The Balaban J connectivity index is 1.66. The van der Waals surface area contributed by atoms with E-state index in [9.17, 15) is 9.18 Å². The second kappa shape index (κ2) is 9.32. The zero-order valence-electron chi connectivity index (χ0n) is 15.9. The average Bonchev–Trinajstić information content (AvgIpc) is 3.17. The van der Waals surface area contributed by atoms with Crippen molar-refractivity contribution in [3.8, 4) is 5.75 Å². The Morgan fingerprint density at radius 1 is 1.25 bits per heavy atom. The van der Waals surface area contributed by atoms with Gasteiger partial charge in [0.15, 0.2) is 6.10 Å². The van der Waals surface area contributed by atoms with Crippen molar-refractivity contribution in [2.75, 3.05) is 27.4 Å². The van der Waals surface area contributed by atoms with E-state index in [1.54, 1.807) is 24.1 Å². The van der Waals surface area contributed by atoms with Crippen LogP contribution in [0.1, 0.15) is 17.5 Å². The monoisotopic (exact) mass is 386 g/mol. The maximum Gasteiger partial charge on any atom is 0.248 e. The van der Waals surface area contributed by atoms with Gasteiger partial charge in [-0.1, -0.05) is 29.4 Å². The molecular weight excluding hydrogens is 363 g/mol. The molecule has 1 unspecified atom stereocenters. The van der Waals surface area contributed by atoms with Gasteiger partial charge in [0.1, 0.15) is 18.2 Å². The number of ether oxygens (including phenoxy) is 2. The second-order valence-corrected chi connectivity index (χ2v) is 6.54. The summed E-state index contributed by atoms with van der Waals surface area (Å²) in [4.78, 5) is 19.7. The van der Waals surface area contributed by atoms with E-state index in [2.05, 4.69) is 5.16 Å². The first kappa shape index (κ1) is 19.8. The van der Waals surface area contributed by atoms with Crippen LogP contribution in [0, 0.1) is 5.82 Å². The summed E-state index contributed by atoms with van der Waals surface area (Å²) < 4.78 is 23.4. The van der Waals surface area contributed by atoms with Crippen molar-refractivity contribution in [3.05, 3.63) is 65.5 Å². The molecule has 1 aliphatic heterocycles. The van der Waals surface area contributed by atoms with Crippen LogP contribution < -0.4 is 4.74 Å². The number of halogens is 1. The molecular formula is C21H23FN2O4. The molecule has 1 heterocycles. The Morgan fingerprint density at radius 3 is 2.75 bits per heavy atom. The number of benzene rings is 2. The highest BCUT2D eigenvalue weighted by atomic mass is 19.1. The van der Waals surface area contributed by atoms with Crippen molar-refractivity contribution in [1.29, 1.82) is 0 Å². The lowest BCUT2D eigenvalue weighted by Gasteiger charge is -2.25. The van der Waals surface area contributed by atoms with E-state index in [1.165, 1.54) is 19.2 Å². The molecule has 2 aromatic carbocycles. The van der Waals surface area contributed by atoms with Crippen LogP contribution in [0.3, 0.4) is 0 Å². The maximum absolute atomic E-state index is 13.1. The van der Waals surface area contributed by atoms with Crippen LogP contribution in [0.2, 0.25) is 0 Å². The molecule has 7 heteroatoms. The summed E-state index contributed by atoms with van der Waals surface area (Å²) in [6.07, 6.45) is 0.270. The fourth-order valence-electron chi connectivity index (χ4n) is 3.05. The Labute approximate surface area is 163 Å². The molecule has 6 nitrogen and oxygen atoms in total. The SMILES string of the molecule is COCC(=O)N(Cc1cccc(OC)c1)CC1CC(c2ccc(F)cc2)=NO1. The Morgan fingerprint density at radius 2 is 2.04 bits per heavy atom. The maximum atomic E-state index is 13.1. The fraction of sp³-hybridized carbons (Fsp3) is 0.333. The van der Waals surface area contributed by atoms with Gasteiger partial charge >= 0.3 is 0 Å². The number of nitrogens with zero attached hydrogens (tertiary/aromatic N) is 2. The van der Waals surface area contributed by atoms with Crippen LogP contribution in [0.4, 0.5) is 4.39 Å². The standard InChI is InChI=1S/C21H23FN2O4/c1-26-14-21(25)24(12-15-4-3-5-18(10-15)27-2)13-19-11-20(23-28-19)16-6-8-17(22)9-7-16/h3-10,19H,11-14H2,1-2H3. The van der Waals surface area contributed by atoms with Gasteiger partial charge in [-0.05, 0) is 35.4 Å². The van der Waals surface area contributed by atoms with E-state index in [0.29, 0.717) is 19.5 Å². The van der Waals surface area contributed by atoms with Crippen LogP contribution in [0.5, 0.6) is 5.75 Å². The zero-order valence-corrected chi connectivity index (χ0v) is 15.9. The van der Waals surface area contributed by atoms with Gasteiger partial charge in [-0.25, -0.2) is 4.39 Å². The van der Waals surface area contributed by atoms with E-state index in [-0.39, 0.29) is 24.4 Å². The molecule has 3 rings (SSSR count). The topological polar surface area (TPSA) is 60.4 Å². The Bertz CT molecular complexity index is 839. The lowest BCUT2D eigenvalue weighted by molar-refractivity contribution is -0.137. The molecule has 0 aromatic heterocycles. The highest BCUT2D eigenvalue weighted by Crippen LogP contribution is 2.20. The minimum atomic E-state index is -0.297. The number of methoxy groups -OCH3 is 2. The number of amides is 1. The first-order chi connectivity index (χ1) is 13.6. The molecule has 0 spiro atoms. The summed E-state index contributed by atoms with van der Waals surface area (Å²) in [5.74, 6) is 0.300. The quantitative estimate of drug-likeness (QED) is 0.700. The summed E-state index contributed by atoms with van der Waals surface area (Å²) in [6.45, 7) is 0.765. The van der Waals surface area contributed by atoms with E-state index < -0.39 is 0 Å². The Kier molecular flexibility index (Phi) is 6.60. The largest absolute Gasteiger partial charge is 0.497 e. The van der Waals surface area contributed by atoms with Crippen molar-refractivity contribution in [3.63, 3.8) is 0 Å². The molecule has 2 aromatic rings. The molecule has 28 heavy (non-hydrogen) atoms. The van der Waals surface area contributed by atoms with Gasteiger partial charge in [-0.2, -0.15) is 0 Å². The zero-order chi connectivity index (χ0) is 19.9. The molecule has 0 aliphatic carbocycles. The number of hydrogen-bond donors (Lipinski definition) is 0. The summed E-state index contributed by atoms with van der Waals surface area (Å²) in [5, 5.41) is 4.11. The summed E-state index contributed by atoms with van der Waals surface area (Å²) in [6, 6.07) is 13.7. The third-order valence-electron chi connectivity index (χ3n) is 4.46. The predicted octanol–water partition coefficient (Wildman–Crippen LogP) is 3.00. The lowest BCUT2D eigenvalue weighted by Crippen LogP contribution is -2.39. The molecule has 0 bridgehead atoms. The van der Waals surface area contributed by atoms with Crippen molar-refractivity contribution in [2.24, 2.45) is 5.16 Å². The van der Waals surface area contributed by atoms with Crippen LogP contribution >= 0.6 is 0 Å². The highest BCUT2D eigenvalue weighted by molar-refractivity contribution is 6.01. The molecule has 1 atom stereocenters. The fourth-order valence-corrected chi connectivity index (χ4v) is 3.05. The van der Waals surface area contributed by atoms with E-state index >= 15 is 0 Å². The number of carbonyl (C=O) groups is 1. The molecule has 148 valence electrons. The van der Waals surface area contributed by atoms with Crippen molar-refractivity contribution in [1.82, 2.24) is 4.90 Å². The van der Waals surface area contributed by atoms with Crippen molar-refractivity contribution < 1.29 is 23.5 Å². The number of oxime groups is 1. The summed E-state index contributed by atoms with van der Waals surface area (Å²) >= 11 is 0. The van der Waals surface area contributed by atoms with Gasteiger partial charge in [0.25, 0.3) is 0 Å². The van der Waals surface area contributed by atoms with Crippen LogP contribution in [-0.2, 0) is 20.9 Å². The highest BCUT2D eigenvalue weighted by Gasteiger charge is 2.27. The van der Waals surface area contributed by atoms with Crippen LogP contribution in [0.15, 0.2) is 53.7 Å².